The van der Waals surface area contributed by atoms with E-state index in [4.69, 9.17) is 4.74 Å². The Bertz CT molecular complexity index is 1500. The van der Waals surface area contributed by atoms with Crippen molar-refractivity contribution in [1.82, 2.24) is 10.6 Å². The number of nitrogens with one attached hydrogen (secondary N) is 2. The predicted molar refractivity (Wildman–Crippen MR) is 164 cm³/mol. The maximum absolute atomic E-state index is 15.2. The molecule has 3 N–H and O–H groups in total. The van der Waals surface area contributed by atoms with E-state index >= 15 is 8.78 Å². The zero-order valence-corrected chi connectivity index (χ0v) is 26.7. The Hall–Kier alpha value is -3.54. The fraction of sp³-hybridized carbons (Fsp3) is 0.571. The second-order valence-corrected chi connectivity index (χ2v) is 13.4. The summed E-state index contributed by atoms with van der Waals surface area (Å²) < 4.78 is 76.6. The van der Waals surface area contributed by atoms with Crippen LogP contribution in [-0.4, -0.2) is 59.8 Å². The van der Waals surface area contributed by atoms with E-state index in [0.717, 1.165) is 27.8 Å². The summed E-state index contributed by atoms with van der Waals surface area (Å²) in [6.07, 6.45) is 0.404. The van der Waals surface area contributed by atoms with Crippen LogP contribution in [0, 0.1) is 17.3 Å². The fourth-order valence-electron chi connectivity index (χ4n) is 8.47. The van der Waals surface area contributed by atoms with Crippen LogP contribution in [0.4, 0.5) is 26.7 Å². The zero-order valence-electron chi connectivity index (χ0n) is 26.7. The molecule has 2 saturated carbocycles. The molecule has 0 aliphatic heterocycles. The van der Waals surface area contributed by atoms with E-state index in [1.807, 2.05) is 12.1 Å². The molecule has 1 aromatic rings. The molecule has 47 heavy (non-hydrogen) atoms. The molecule has 4 aliphatic rings. The Morgan fingerprint density at radius 1 is 1.11 bits per heavy atom. The summed E-state index contributed by atoms with van der Waals surface area (Å²) in [5.74, 6) is -7.19. The third kappa shape index (κ3) is 6.13. The van der Waals surface area contributed by atoms with Gasteiger partial charge in [-0.2, -0.15) is 22.0 Å². The molecule has 1 aromatic carbocycles. The molecular weight excluding hydrogens is 623 g/mol. The number of hydrogen-bond acceptors (Lipinski definition) is 5. The second kappa shape index (κ2) is 12.8. The molecule has 0 spiro atoms. The van der Waals surface area contributed by atoms with Gasteiger partial charge in [0.05, 0.1) is 6.61 Å². The number of benzene rings is 1. The van der Waals surface area contributed by atoms with Crippen LogP contribution in [0.1, 0.15) is 82.8 Å². The van der Waals surface area contributed by atoms with Crippen molar-refractivity contribution >= 4 is 23.9 Å². The number of ketones is 1. The topological polar surface area (TPSA) is 105 Å². The Labute approximate surface area is 270 Å². The average molecular weight is 665 g/mol. The molecule has 4 aliphatic carbocycles. The minimum Gasteiger partial charge on any atom is -0.464 e. The first-order valence-corrected chi connectivity index (χ1v) is 16.1. The third-order valence-corrected chi connectivity index (χ3v) is 10.8. The normalized spacial score (nSPS) is 29.9. The van der Waals surface area contributed by atoms with Gasteiger partial charge >= 0.3 is 24.1 Å². The summed E-state index contributed by atoms with van der Waals surface area (Å²) in [5, 5.41) is 16.5. The van der Waals surface area contributed by atoms with Crippen molar-refractivity contribution in [2.75, 3.05) is 13.2 Å². The van der Waals surface area contributed by atoms with Gasteiger partial charge in [0.25, 0.3) is 0 Å². The van der Waals surface area contributed by atoms with Crippen LogP contribution in [-0.2, 0) is 14.3 Å². The van der Waals surface area contributed by atoms with E-state index < -0.39 is 59.4 Å². The summed E-state index contributed by atoms with van der Waals surface area (Å²) in [7, 11) is 0. The van der Waals surface area contributed by atoms with Crippen molar-refractivity contribution in [3.05, 3.63) is 64.3 Å². The number of amides is 2. The van der Waals surface area contributed by atoms with Crippen molar-refractivity contribution in [2.24, 2.45) is 17.3 Å². The number of halogens is 5. The molecular formula is C35H41F5N2O5. The first kappa shape index (κ1) is 34.8. The summed E-state index contributed by atoms with van der Waals surface area (Å²) >= 11 is 0. The largest absolute Gasteiger partial charge is 0.464 e. The predicted octanol–water partition coefficient (Wildman–Crippen LogP) is 6.78. The van der Waals surface area contributed by atoms with Gasteiger partial charge in [0, 0.05) is 24.3 Å². The number of allylic oxidation sites excluding steroid dienone is 4. The summed E-state index contributed by atoms with van der Waals surface area (Å²) in [5.41, 5.74) is -0.536. The fourth-order valence-corrected chi connectivity index (χ4v) is 8.47. The standard InChI is InChI=1S/C35H41F5N2O5/c1-4-47-30(44)20(2)42-31(45)41-17-5-6-21-7-9-22(10-8-21)27-19-32(3)28(15-16-33(32,46)34(36,37)35(38,39)40)26-13-11-23-18-24(43)12-14-25(23)29(26)27/h5-10,18,20,26-28,46H,4,11-17,19H2,1-3H3,(H2,41,42,45)/t20?,26-,27+,28-,32-,33-/m0/s1. The highest BCUT2D eigenvalue weighted by molar-refractivity contribution is 5.93. The molecule has 5 rings (SSSR count). The monoisotopic (exact) mass is 664 g/mol. The SMILES string of the molecule is CCOC(=O)C(C)NC(=O)NCC=Cc1ccc([C@H]2C[C@@]3(C)[C@@H](CC[C@@]3(O)C(F)(F)C(F)(F)F)[C@@H]3CCC4=CC(=O)CCC4=C32)cc1. The molecule has 0 saturated heterocycles. The van der Waals surface area contributed by atoms with Crippen molar-refractivity contribution in [1.29, 1.82) is 0 Å². The summed E-state index contributed by atoms with van der Waals surface area (Å²) in [4.78, 5) is 36.0. The minimum atomic E-state index is -5.90. The number of urea groups is 1. The first-order chi connectivity index (χ1) is 22.0. The molecule has 1 unspecified atom stereocenters. The summed E-state index contributed by atoms with van der Waals surface area (Å²) in [6, 6.07) is 5.89. The van der Waals surface area contributed by atoms with E-state index in [-0.39, 0.29) is 37.7 Å². The van der Waals surface area contributed by atoms with Gasteiger partial charge in [-0.3, -0.25) is 4.79 Å². The van der Waals surface area contributed by atoms with Crippen molar-refractivity contribution in [3.8, 4) is 0 Å². The van der Waals surface area contributed by atoms with E-state index in [1.165, 1.54) is 13.8 Å². The quantitative estimate of drug-likeness (QED) is 0.210. The Kier molecular flexibility index (Phi) is 9.49. The van der Waals surface area contributed by atoms with Gasteiger partial charge < -0.3 is 20.5 Å². The number of hydrogen-bond donors (Lipinski definition) is 3. The highest BCUT2D eigenvalue weighted by Crippen LogP contribution is 2.70. The molecule has 0 radical (unpaired) electrons. The van der Waals surface area contributed by atoms with Gasteiger partial charge in [0.15, 0.2) is 5.78 Å². The molecule has 2 amide bonds. The van der Waals surface area contributed by atoms with Gasteiger partial charge in [-0.25, -0.2) is 9.59 Å². The molecule has 0 bridgehead atoms. The van der Waals surface area contributed by atoms with Crippen molar-refractivity contribution in [2.45, 2.75) is 95.4 Å². The third-order valence-electron chi connectivity index (χ3n) is 10.8. The van der Waals surface area contributed by atoms with E-state index in [0.29, 0.717) is 25.7 Å². The number of aliphatic hydroxyl groups is 1. The van der Waals surface area contributed by atoms with Crippen molar-refractivity contribution < 1.29 is 46.2 Å². The number of ether oxygens (including phenoxy) is 1. The van der Waals surface area contributed by atoms with Crippen LogP contribution < -0.4 is 10.6 Å². The van der Waals surface area contributed by atoms with Gasteiger partial charge in [-0.15, -0.1) is 0 Å². The molecule has 0 aromatic heterocycles. The molecule has 256 valence electrons. The maximum Gasteiger partial charge on any atom is 0.456 e. The van der Waals surface area contributed by atoms with Crippen LogP contribution in [0.3, 0.4) is 0 Å². The number of carbonyl (C=O) groups is 3. The minimum absolute atomic E-state index is 0.0247. The number of alkyl halides is 5. The molecule has 2 fully saturated rings. The highest BCUT2D eigenvalue weighted by Gasteiger charge is 2.79. The van der Waals surface area contributed by atoms with E-state index in [1.54, 1.807) is 37.3 Å². The molecule has 12 heteroatoms. The lowest BCUT2D eigenvalue weighted by Gasteiger charge is -2.56. The molecule has 6 atom stereocenters. The molecule has 0 heterocycles. The van der Waals surface area contributed by atoms with Gasteiger partial charge in [0.2, 0.25) is 0 Å². The Morgan fingerprint density at radius 2 is 1.81 bits per heavy atom. The number of rotatable bonds is 8. The van der Waals surface area contributed by atoms with Crippen molar-refractivity contribution in [3.63, 3.8) is 0 Å². The van der Waals surface area contributed by atoms with Crippen LogP contribution in [0.15, 0.2) is 53.1 Å². The van der Waals surface area contributed by atoms with Gasteiger partial charge in [-0.1, -0.05) is 48.9 Å². The maximum atomic E-state index is 15.2. The average Bonchev–Trinajstić information content (AvgIpc) is 3.29. The Balaban J connectivity index is 1.41. The van der Waals surface area contributed by atoms with Gasteiger partial charge in [-0.05, 0) is 92.6 Å². The Morgan fingerprint density at radius 3 is 2.47 bits per heavy atom. The smallest absolute Gasteiger partial charge is 0.456 e. The van der Waals surface area contributed by atoms with Crippen LogP contribution in [0.2, 0.25) is 0 Å². The van der Waals surface area contributed by atoms with E-state index in [9.17, 15) is 32.7 Å². The molecule has 7 nitrogen and oxygen atoms in total. The first-order valence-electron chi connectivity index (χ1n) is 16.1. The summed E-state index contributed by atoms with van der Waals surface area (Å²) in [6.45, 7) is 4.93. The van der Waals surface area contributed by atoms with Crippen LogP contribution in [0.25, 0.3) is 6.08 Å². The highest BCUT2D eigenvalue weighted by atomic mass is 19.4. The van der Waals surface area contributed by atoms with Crippen LogP contribution in [0.5, 0.6) is 0 Å². The van der Waals surface area contributed by atoms with Crippen LogP contribution >= 0.6 is 0 Å². The number of esters is 1. The second-order valence-electron chi connectivity index (χ2n) is 13.4. The number of fused-ring (bicyclic) bond motifs is 4. The zero-order chi connectivity index (χ0) is 34.4. The number of carbonyl (C=O) groups excluding carboxylic acids is 3. The lowest BCUT2D eigenvalue weighted by atomic mass is 9.50. The van der Waals surface area contributed by atoms with Gasteiger partial charge in [0.1, 0.15) is 11.6 Å². The lowest BCUT2D eigenvalue weighted by molar-refractivity contribution is -0.362. The van der Waals surface area contributed by atoms with E-state index in [2.05, 4.69) is 10.6 Å². The lowest BCUT2D eigenvalue weighted by Crippen LogP contribution is -2.65.